The fraction of sp³-hybridized carbons (Fsp3) is 0.0769. The molecule has 1 aliphatic carbocycles. The Morgan fingerprint density at radius 2 is 0.929 bits per heavy atom. The second-order valence-corrected chi connectivity index (χ2v) is 11.7. The van der Waals surface area contributed by atoms with E-state index in [1.807, 2.05) is 24.3 Å². The predicted molar refractivity (Wildman–Crippen MR) is 173 cm³/mol. The zero-order valence-electron chi connectivity index (χ0n) is 23.4. The molecule has 0 N–H and O–H groups in total. The van der Waals surface area contributed by atoms with Crippen molar-refractivity contribution in [2.24, 2.45) is 0 Å². The van der Waals surface area contributed by atoms with Gasteiger partial charge in [0, 0.05) is 21.8 Å². The third kappa shape index (κ3) is 3.05. The molecule has 2 heterocycles. The highest BCUT2D eigenvalue weighted by molar-refractivity contribution is 6.18. The van der Waals surface area contributed by atoms with Crippen molar-refractivity contribution >= 4 is 60.9 Å². The van der Waals surface area contributed by atoms with Crippen LogP contribution >= 0.6 is 0 Å². The number of hydrogen-bond acceptors (Lipinski definition) is 3. The molecule has 0 spiro atoms. The number of fused-ring (bicyclic) bond motifs is 9. The fourth-order valence-corrected chi connectivity index (χ4v) is 7.20. The summed E-state index contributed by atoms with van der Waals surface area (Å²) in [7, 11) is 0. The number of furan rings is 2. The summed E-state index contributed by atoms with van der Waals surface area (Å²) in [6, 6.07) is 45.0. The SMILES string of the molecule is CC1(C)c2ccccc2-c2c(N(c3cccc4oc5ccccc5c34)c3cccc4oc5ccccc5c34)cccc21. The summed E-state index contributed by atoms with van der Waals surface area (Å²) in [5.74, 6) is 0. The molecule has 0 amide bonds. The lowest BCUT2D eigenvalue weighted by molar-refractivity contribution is 0.660. The maximum Gasteiger partial charge on any atom is 0.137 e. The van der Waals surface area contributed by atoms with Gasteiger partial charge in [0.2, 0.25) is 0 Å². The molecule has 2 aromatic heterocycles. The van der Waals surface area contributed by atoms with Crippen LogP contribution in [0.4, 0.5) is 17.1 Å². The van der Waals surface area contributed by atoms with E-state index in [1.165, 1.54) is 22.3 Å². The molecule has 0 bridgehead atoms. The van der Waals surface area contributed by atoms with Gasteiger partial charge in [0.1, 0.15) is 22.3 Å². The van der Waals surface area contributed by atoms with Gasteiger partial charge in [-0.15, -0.1) is 0 Å². The molecule has 0 unspecified atom stereocenters. The average molecular weight is 542 g/mol. The first-order valence-corrected chi connectivity index (χ1v) is 14.5. The van der Waals surface area contributed by atoms with Crippen LogP contribution in [0.15, 0.2) is 136 Å². The van der Waals surface area contributed by atoms with E-state index in [0.717, 1.165) is 60.9 Å². The lowest BCUT2D eigenvalue weighted by Crippen LogP contribution is -2.16. The highest BCUT2D eigenvalue weighted by atomic mass is 16.3. The molecule has 0 atom stereocenters. The second-order valence-electron chi connectivity index (χ2n) is 11.7. The Morgan fingerprint density at radius 1 is 0.452 bits per heavy atom. The van der Waals surface area contributed by atoms with E-state index in [-0.39, 0.29) is 5.41 Å². The molecule has 3 nitrogen and oxygen atoms in total. The Morgan fingerprint density at radius 3 is 1.57 bits per heavy atom. The molecule has 0 saturated carbocycles. The molecular weight excluding hydrogens is 514 g/mol. The first-order valence-electron chi connectivity index (χ1n) is 14.5. The topological polar surface area (TPSA) is 29.5 Å². The van der Waals surface area contributed by atoms with E-state index in [1.54, 1.807) is 0 Å². The minimum absolute atomic E-state index is 0.115. The zero-order chi connectivity index (χ0) is 28.0. The van der Waals surface area contributed by atoms with E-state index in [0.29, 0.717) is 0 Å². The molecule has 200 valence electrons. The normalized spacial score (nSPS) is 13.7. The van der Waals surface area contributed by atoms with Crippen LogP contribution in [0.5, 0.6) is 0 Å². The van der Waals surface area contributed by atoms with E-state index in [4.69, 9.17) is 8.83 Å². The Bertz CT molecular complexity index is 2240. The number of anilines is 3. The van der Waals surface area contributed by atoms with Gasteiger partial charge in [-0.1, -0.05) is 98.8 Å². The summed E-state index contributed by atoms with van der Waals surface area (Å²) in [4.78, 5) is 2.44. The van der Waals surface area contributed by atoms with Crippen LogP contribution in [0.25, 0.3) is 55.0 Å². The Balaban J connectivity index is 1.46. The maximum atomic E-state index is 6.39. The minimum atomic E-state index is -0.115. The first-order chi connectivity index (χ1) is 20.6. The van der Waals surface area contributed by atoms with Gasteiger partial charge in [-0.25, -0.2) is 0 Å². The van der Waals surface area contributed by atoms with E-state index in [9.17, 15) is 0 Å². The summed E-state index contributed by atoms with van der Waals surface area (Å²) < 4.78 is 12.8. The van der Waals surface area contributed by atoms with Gasteiger partial charge >= 0.3 is 0 Å². The molecule has 0 fully saturated rings. The molecule has 0 saturated heterocycles. The zero-order valence-corrected chi connectivity index (χ0v) is 23.4. The van der Waals surface area contributed by atoms with Gasteiger partial charge in [0.05, 0.1) is 27.8 Å². The number of nitrogens with zero attached hydrogens (tertiary/aromatic N) is 1. The second kappa shape index (κ2) is 8.37. The summed E-state index contributed by atoms with van der Waals surface area (Å²) in [6.45, 7) is 4.67. The highest BCUT2D eigenvalue weighted by Crippen LogP contribution is 2.56. The summed E-state index contributed by atoms with van der Waals surface area (Å²) >= 11 is 0. The van der Waals surface area contributed by atoms with Gasteiger partial charge < -0.3 is 13.7 Å². The maximum absolute atomic E-state index is 6.39. The van der Waals surface area contributed by atoms with E-state index < -0.39 is 0 Å². The molecule has 9 rings (SSSR count). The van der Waals surface area contributed by atoms with Crippen molar-refractivity contribution < 1.29 is 8.83 Å². The number of rotatable bonds is 3. The van der Waals surface area contributed by atoms with Crippen molar-refractivity contribution in [1.82, 2.24) is 0 Å². The standard InChI is InChI=1S/C39H27NO2/c1-39(2)27-15-6-3-12-24(27)36-28(39)16-9-17-29(36)40(30-18-10-22-34-37(30)25-13-4-7-20-32(25)41-34)31-19-11-23-35-38(31)26-14-5-8-21-33(26)42-35/h3-23H,1-2H3. The lowest BCUT2D eigenvalue weighted by atomic mass is 9.82. The van der Waals surface area contributed by atoms with Crippen molar-refractivity contribution in [2.45, 2.75) is 19.3 Å². The first kappa shape index (κ1) is 23.4. The molecule has 1 aliphatic rings. The fourth-order valence-electron chi connectivity index (χ4n) is 7.20. The van der Waals surface area contributed by atoms with Crippen LogP contribution < -0.4 is 4.90 Å². The highest BCUT2D eigenvalue weighted by Gasteiger charge is 2.38. The van der Waals surface area contributed by atoms with Crippen molar-refractivity contribution in [3.05, 3.63) is 139 Å². The smallest absolute Gasteiger partial charge is 0.137 e. The lowest BCUT2D eigenvalue weighted by Gasteiger charge is -2.30. The van der Waals surface area contributed by atoms with Crippen LogP contribution in [0.3, 0.4) is 0 Å². The van der Waals surface area contributed by atoms with Gasteiger partial charge in [-0.2, -0.15) is 0 Å². The average Bonchev–Trinajstić information content (AvgIpc) is 3.67. The van der Waals surface area contributed by atoms with E-state index >= 15 is 0 Å². The van der Waals surface area contributed by atoms with E-state index in [2.05, 4.69) is 122 Å². The largest absolute Gasteiger partial charge is 0.456 e. The van der Waals surface area contributed by atoms with Crippen LogP contribution in [-0.2, 0) is 5.41 Å². The predicted octanol–water partition coefficient (Wildman–Crippen LogP) is 11.3. The molecule has 6 aromatic carbocycles. The summed E-state index contributed by atoms with van der Waals surface area (Å²) in [6.07, 6.45) is 0. The number of para-hydroxylation sites is 2. The Hall–Kier alpha value is -5.28. The Kier molecular flexibility index (Phi) is 4.67. The van der Waals surface area contributed by atoms with Crippen LogP contribution in [-0.4, -0.2) is 0 Å². The molecule has 0 radical (unpaired) electrons. The molecule has 8 aromatic rings. The monoisotopic (exact) mass is 541 g/mol. The van der Waals surface area contributed by atoms with Gasteiger partial charge in [-0.05, 0) is 59.2 Å². The van der Waals surface area contributed by atoms with Crippen LogP contribution in [0, 0.1) is 0 Å². The summed E-state index contributed by atoms with van der Waals surface area (Å²) in [5.41, 5.74) is 11.9. The summed E-state index contributed by atoms with van der Waals surface area (Å²) in [5, 5.41) is 4.40. The number of hydrogen-bond donors (Lipinski definition) is 0. The third-order valence-corrected chi connectivity index (χ3v) is 9.07. The third-order valence-electron chi connectivity index (χ3n) is 9.07. The van der Waals surface area contributed by atoms with Gasteiger partial charge in [-0.3, -0.25) is 0 Å². The van der Waals surface area contributed by atoms with Crippen molar-refractivity contribution in [3.63, 3.8) is 0 Å². The molecular formula is C39H27NO2. The van der Waals surface area contributed by atoms with Gasteiger partial charge in [0.15, 0.2) is 0 Å². The molecule has 0 aliphatic heterocycles. The van der Waals surface area contributed by atoms with Crippen LogP contribution in [0.2, 0.25) is 0 Å². The molecule has 42 heavy (non-hydrogen) atoms. The number of benzene rings is 6. The van der Waals surface area contributed by atoms with Crippen molar-refractivity contribution in [2.75, 3.05) is 4.90 Å². The van der Waals surface area contributed by atoms with Crippen molar-refractivity contribution in [3.8, 4) is 11.1 Å². The van der Waals surface area contributed by atoms with Gasteiger partial charge in [0.25, 0.3) is 0 Å². The van der Waals surface area contributed by atoms with Crippen LogP contribution in [0.1, 0.15) is 25.0 Å². The quantitative estimate of drug-likeness (QED) is 0.223. The van der Waals surface area contributed by atoms with Crippen molar-refractivity contribution in [1.29, 1.82) is 0 Å². The Labute approximate surface area is 243 Å². The minimum Gasteiger partial charge on any atom is -0.456 e. The molecule has 3 heteroatoms.